The van der Waals surface area contributed by atoms with Crippen LogP contribution in [0.5, 0.6) is 0 Å². The zero-order chi connectivity index (χ0) is 14.2. The predicted octanol–water partition coefficient (Wildman–Crippen LogP) is 3.69. The Morgan fingerprint density at radius 2 is 2.10 bits per heavy atom. The lowest BCUT2D eigenvalue weighted by molar-refractivity contribution is 0.281. The van der Waals surface area contributed by atoms with Crippen LogP contribution in [0.15, 0.2) is 35.1 Å². The molecule has 1 atom stereocenters. The van der Waals surface area contributed by atoms with Crippen molar-refractivity contribution in [3.63, 3.8) is 0 Å². The molecule has 0 aliphatic heterocycles. The lowest BCUT2D eigenvalue weighted by atomic mass is 9.84. The minimum atomic E-state index is 0.190. The van der Waals surface area contributed by atoms with Gasteiger partial charge in [0, 0.05) is 16.8 Å². The fraction of sp³-hybridized carbons (Fsp3) is 0.471. The van der Waals surface area contributed by atoms with Crippen molar-refractivity contribution < 1.29 is 4.42 Å². The molecule has 1 aliphatic rings. The molecule has 1 saturated carbocycles. The van der Waals surface area contributed by atoms with Crippen molar-refractivity contribution in [2.24, 2.45) is 11.7 Å². The van der Waals surface area contributed by atoms with Crippen LogP contribution in [0.2, 0.25) is 0 Å². The number of furan rings is 1. The highest BCUT2D eigenvalue weighted by molar-refractivity contribution is 6.03. The second-order valence-corrected chi connectivity index (χ2v) is 6.22. The van der Waals surface area contributed by atoms with E-state index in [0.717, 1.165) is 28.4 Å². The summed E-state index contributed by atoms with van der Waals surface area (Å²) < 4.78 is 7.56. The van der Waals surface area contributed by atoms with Crippen LogP contribution in [0.3, 0.4) is 0 Å². The Hall–Kier alpha value is -1.81. The number of hydrogen-bond donors (Lipinski definition) is 1. The minimum absolute atomic E-state index is 0.190. The molecule has 110 valence electrons. The first kappa shape index (κ1) is 12.9. The summed E-state index contributed by atoms with van der Waals surface area (Å²) in [6, 6.07) is 6.28. The molecule has 2 heterocycles. The lowest BCUT2D eigenvalue weighted by Gasteiger charge is -2.27. The highest BCUT2D eigenvalue weighted by Crippen LogP contribution is 2.29. The number of benzene rings is 1. The van der Waals surface area contributed by atoms with Crippen molar-refractivity contribution >= 4 is 21.9 Å². The molecule has 2 aromatic heterocycles. The Labute approximate surface area is 123 Å². The standard InChI is InChI=1S/C17H21N3O/c18-15(12-4-2-1-3-5-12)11-20-17-13(10-19-20)6-7-16-14(17)8-9-21-16/h6-10,12,15H,1-5,11,18H2. The van der Waals surface area contributed by atoms with E-state index < -0.39 is 0 Å². The van der Waals surface area contributed by atoms with Gasteiger partial charge in [0.1, 0.15) is 5.58 Å². The monoisotopic (exact) mass is 283 g/mol. The molecule has 0 saturated heterocycles. The number of aromatic nitrogens is 2. The average Bonchev–Trinajstić information content (AvgIpc) is 3.14. The van der Waals surface area contributed by atoms with Gasteiger partial charge in [-0.2, -0.15) is 5.10 Å². The summed E-state index contributed by atoms with van der Waals surface area (Å²) in [5.74, 6) is 0.640. The van der Waals surface area contributed by atoms with Crippen molar-refractivity contribution in [2.75, 3.05) is 0 Å². The Bertz CT molecular complexity index is 752. The largest absolute Gasteiger partial charge is 0.464 e. The van der Waals surface area contributed by atoms with Gasteiger partial charge >= 0.3 is 0 Å². The third-order valence-corrected chi connectivity index (χ3v) is 4.87. The number of hydrogen-bond acceptors (Lipinski definition) is 3. The molecule has 0 spiro atoms. The van der Waals surface area contributed by atoms with Gasteiger partial charge in [0.05, 0.1) is 24.5 Å². The summed E-state index contributed by atoms with van der Waals surface area (Å²) in [6.07, 6.45) is 10.2. The van der Waals surface area contributed by atoms with Crippen LogP contribution in [0.4, 0.5) is 0 Å². The van der Waals surface area contributed by atoms with E-state index in [9.17, 15) is 0 Å². The van der Waals surface area contributed by atoms with Crippen LogP contribution in [-0.2, 0) is 6.54 Å². The van der Waals surface area contributed by atoms with Crippen LogP contribution in [0.25, 0.3) is 21.9 Å². The minimum Gasteiger partial charge on any atom is -0.464 e. The lowest BCUT2D eigenvalue weighted by Crippen LogP contribution is -2.35. The molecule has 2 N–H and O–H groups in total. The van der Waals surface area contributed by atoms with Gasteiger partial charge in [0.2, 0.25) is 0 Å². The van der Waals surface area contributed by atoms with E-state index in [1.54, 1.807) is 6.26 Å². The number of nitrogens with two attached hydrogens (primary N) is 1. The molecule has 1 fully saturated rings. The highest BCUT2D eigenvalue weighted by atomic mass is 16.3. The SMILES string of the molecule is NC(Cn1ncc2ccc3occc3c21)C1CCCCC1. The molecule has 0 bridgehead atoms. The van der Waals surface area contributed by atoms with E-state index in [1.165, 1.54) is 32.1 Å². The first-order valence-corrected chi connectivity index (χ1v) is 7.90. The third kappa shape index (κ3) is 2.23. The summed E-state index contributed by atoms with van der Waals surface area (Å²) in [4.78, 5) is 0. The van der Waals surface area contributed by atoms with Gasteiger partial charge in [-0.25, -0.2) is 0 Å². The van der Waals surface area contributed by atoms with Crippen molar-refractivity contribution in [2.45, 2.75) is 44.7 Å². The number of fused-ring (bicyclic) bond motifs is 3. The molecule has 1 aromatic carbocycles. The Morgan fingerprint density at radius 3 is 2.95 bits per heavy atom. The highest BCUT2D eigenvalue weighted by Gasteiger charge is 2.22. The molecule has 3 aromatic rings. The van der Waals surface area contributed by atoms with Gasteiger partial charge in [0.25, 0.3) is 0 Å². The van der Waals surface area contributed by atoms with Crippen LogP contribution in [0, 0.1) is 5.92 Å². The van der Waals surface area contributed by atoms with Crippen molar-refractivity contribution in [1.29, 1.82) is 0 Å². The zero-order valence-electron chi connectivity index (χ0n) is 12.2. The summed E-state index contributed by atoms with van der Waals surface area (Å²) in [7, 11) is 0. The molecule has 21 heavy (non-hydrogen) atoms. The second kappa shape index (κ2) is 5.19. The van der Waals surface area contributed by atoms with Gasteiger partial charge < -0.3 is 10.2 Å². The maximum Gasteiger partial charge on any atom is 0.136 e. The topological polar surface area (TPSA) is 57.0 Å². The van der Waals surface area contributed by atoms with E-state index in [2.05, 4.69) is 15.8 Å². The molecule has 1 aliphatic carbocycles. The van der Waals surface area contributed by atoms with E-state index in [-0.39, 0.29) is 6.04 Å². The summed E-state index contributed by atoms with van der Waals surface area (Å²) in [5.41, 5.74) is 8.52. The maximum absolute atomic E-state index is 6.47. The Kier molecular flexibility index (Phi) is 3.19. The average molecular weight is 283 g/mol. The van der Waals surface area contributed by atoms with Crippen molar-refractivity contribution in [1.82, 2.24) is 9.78 Å². The molecular formula is C17H21N3O. The third-order valence-electron chi connectivity index (χ3n) is 4.87. The Balaban J connectivity index is 1.68. The van der Waals surface area contributed by atoms with Gasteiger partial charge in [-0.3, -0.25) is 4.68 Å². The van der Waals surface area contributed by atoms with Crippen LogP contribution in [0.1, 0.15) is 32.1 Å². The number of rotatable bonds is 3. The summed E-state index contributed by atoms with van der Waals surface area (Å²) >= 11 is 0. The van der Waals surface area contributed by atoms with Crippen molar-refractivity contribution in [3.8, 4) is 0 Å². The smallest absolute Gasteiger partial charge is 0.136 e. The second-order valence-electron chi connectivity index (χ2n) is 6.22. The summed E-state index contributed by atoms with van der Waals surface area (Å²) in [6.45, 7) is 0.790. The Morgan fingerprint density at radius 1 is 1.24 bits per heavy atom. The molecular weight excluding hydrogens is 262 g/mol. The van der Waals surface area contributed by atoms with Gasteiger partial charge in [-0.05, 0) is 37.0 Å². The van der Waals surface area contributed by atoms with Crippen LogP contribution < -0.4 is 5.73 Å². The fourth-order valence-electron chi connectivity index (χ4n) is 3.68. The molecule has 4 rings (SSSR count). The van der Waals surface area contributed by atoms with E-state index in [0.29, 0.717) is 5.92 Å². The van der Waals surface area contributed by atoms with Gasteiger partial charge in [0.15, 0.2) is 0 Å². The van der Waals surface area contributed by atoms with E-state index >= 15 is 0 Å². The predicted molar refractivity (Wildman–Crippen MR) is 84.1 cm³/mol. The maximum atomic E-state index is 6.47. The first-order valence-electron chi connectivity index (χ1n) is 7.90. The fourth-order valence-corrected chi connectivity index (χ4v) is 3.68. The first-order chi connectivity index (χ1) is 10.3. The molecule has 1 unspecified atom stereocenters. The normalized spacial score (nSPS) is 18.5. The number of nitrogens with zero attached hydrogens (tertiary/aromatic N) is 2. The van der Waals surface area contributed by atoms with Crippen LogP contribution in [-0.4, -0.2) is 15.8 Å². The van der Waals surface area contributed by atoms with Gasteiger partial charge in [-0.1, -0.05) is 19.3 Å². The summed E-state index contributed by atoms with van der Waals surface area (Å²) in [5, 5.41) is 6.83. The van der Waals surface area contributed by atoms with E-state index in [1.807, 2.05) is 18.3 Å². The van der Waals surface area contributed by atoms with Crippen LogP contribution >= 0.6 is 0 Å². The van der Waals surface area contributed by atoms with Gasteiger partial charge in [-0.15, -0.1) is 0 Å². The zero-order valence-corrected chi connectivity index (χ0v) is 12.2. The molecule has 0 amide bonds. The molecule has 4 nitrogen and oxygen atoms in total. The van der Waals surface area contributed by atoms with E-state index in [4.69, 9.17) is 10.2 Å². The van der Waals surface area contributed by atoms with Crippen molar-refractivity contribution in [3.05, 3.63) is 30.7 Å². The molecule has 4 heteroatoms. The molecule has 0 radical (unpaired) electrons. The quantitative estimate of drug-likeness (QED) is 0.797.